The average molecular weight is 411 g/mol. The summed E-state index contributed by atoms with van der Waals surface area (Å²) in [7, 11) is -3.55. The second-order valence-corrected chi connectivity index (χ2v) is 9.49. The Morgan fingerprint density at radius 2 is 1.85 bits per heavy atom. The third-order valence-electron chi connectivity index (χ3n) is 4.18. The molecule has 2 N–H and O–H groups in total. The van der Waals surface area contributed by atoms with Crippen molar-refractivity contribution in [2.24, 2.45) is 0 Å². The molecule has 1 atom stereocenters. The summed E-state index contributed by atoms with van der Waals surface area (Å²) in [6, 6.07) is 5.67. The second-order valence-electron chi connectivity index (χ2n) is 7.38. The molecule has 0 spiro atoms. The van der Waals surface area contributed by atoms with Crippen molar-refractivity contribution in [3.63, 3.8) is 0 Å². The van der Waals surface area contributed by atoms with Gasteiger partial charge in [-0.1, -0.05) is 32.9 Å². The van der Waals surface area contributed by atoms with Crippen LogP contribution in [0.5, 0.6) is 0 Å². The molecule has 1 fully saturated rings. The number of halogens is 3. The minimum absolute atomic E-state index is 0. The van der Waals surface area contributed by atoms with Gasteiger partial charge in [-0.15, -0.1) is 12.4 Å². The molecule has 1 aromatic carbocycles. The minimum Gasteiger partial charge on any atom is -0.354 e. The number of hydrogen-bond acceptors (Lipinski definition) is 4. The Hall–Kier alpha value is -1.25. The first kappa shape index (κ1) is 22.8. The van der Waals surface area contributed by atoms with Gasteiger partial charge in [0, 0.05) is 13.0 Å². The number of rotatable bonds is 5. The molecule has 1 unspecified atom stereocenters. The Kier molecular flexibility index (Phi) is 7.18. The molecule has 0 saturated carbocycles. The van der Waals surface area contributed by atoms with E-state index in [1.54, 1.807) is 24.3 Å². The Labute approximate surface area is 159 Å². The fourth-order valence-corrected chi connectivity index (χ4v) is 3.77. The second kappa shape index (κ2) is 8.19. The molecule has 1 saturated heterocycles. The monoisotopic (exact) mass is 410 g/mol. The quantitative estimate of drug-likeness (QED) is 0.781. The molecule has 0 aliphatic carbocycles. The van der Waals surface area contributed by atoms with Gasteiger partial charge in [0.25, 0.3) is 5.92 Å². The molecule has 1 aromatic rings. The van der Waals surface area contributed by atoms with E-state index in [0.717, 1.165) is 5.56 Å². The minimum atomic E-state index is -3.55. The summed E-state index contributed by atoms with van der Waals surface area (Å²) in [6.45, 7) is 5.45. The molecule has 2 rings (SSSR count). The summed E-state index contributed by atoms with van der Waals surface area (Å²) in [6.07, 6.45) is -0.570. The maximum atomic E-state index is 13.1. The van der Waals surface area contributed by atoms with Gasteiger partial charge in [0.2, 0.25) is 5.91 Å². The van der Waals surface area contributed by atoms with Gasteiger partial charge in [-0.2, -0.15) is 0 Å². The van der Waals surface area contributed by atoms with E-state index in [1.807, 2.05) is 20.8 Å². The zero-order chi connectivity index (χ0) is 18.9. The largest absolute Gasteiger partial charge is 0.354 e. The Morgan fingerprint density at radius 3 is 2.31 bits per heavy atom. The van der Waals surface area contributed by atoms with Crippen molar-refractivity contribution in [1.29, 1.82) is 0 Å². The molecule has 0 aromatic heterocycles. The van der Waals surface area contributed by atoms with Crippen LogP contribution in [-0.2, 0) is 20.0 Å². The van der Waals surface area contributed by atoms with Gasteiger partial charge in [0.1, 0.15) is 0 Å². The van der Waals surface area contributed by atoms with Gasteiger partial charge in [-0.25, -0.2) is 17.2 Å². The van der Waals surface area contributed by atoms with Crippen LogP contribution in [0.15, 0.2) is 29.2 Å². The summed E-state index contributed by atoms with van der Waals surface area (Å²) in [5.41, 5.74) is 0.945. The molecule has 148 valence electrons. The summed E-state index contributed by atoms with van der Waals surface area (Å²) in [5.74, 6) is -3.78. The predicted octanol–water partition coefficient (Wildman–Crippen LogP) is 2.29. The van der Waals surface area contributed by atoms with Gasteiger partial charge in [-0.3, -0.25) is 10.1 Å². The van der Waals surface area contributed by atoms with Crippen molar-refractivity contribution in [3.8, 4) is 0 Å². The number of carbonyl (C=O) groups is 1. The van der Waals surface area contributed by atoms with Crippen LogP contribution in [0.3, 0.4) is 0 Å². The first-order valence-corrected chi connectivity index (χ1v) is 9.78. The van der Waals surface area contributed by atoms with Crippen LogP contribution >= 0.6 is 12.4 Å². The zero-order valence-electron chi connectivity index (χ0n) is 15.0. The van der Waals surface area contributed by atoms with Gasteiger partial charge in [-0.05, 0) is 23.1 Å². The standard InChI is InChI=1S/C17H24F2N2O3S.ClH/c1-16(2,3)12-4-6-13(7-5-12)25(23,24)9-8-20-15(22)14-10-17(18,19)11-21-14;/h4-7,14,21H,8-11H2,1-3H3,(H,20,22);1H. The molecule has 9 heteroatoms. The highest BCUT2D eigenvalue weighted by atomic mass is 35.5. The smallest absolute Gasteiger partial charge is 0.262 e. The van der Waals surface area contributed by atoms with E-state index < -0.39 is 40.7 Å². The highest BCUT2D eigenvalue weighted by molar-refractivity contribution is 7.91. The van der Waals surface area contributed by atoms with Gasteiger partial charge >= 0.3 is 0 Å². The van der Waals surface area contributed by atoms with E-state index in [4.69, 9.17) is 0 Å². The van der Waals surface area contributed by atoms with Crippen LogP contribution < -0.4 is 10.6 Å². The van der Waals surface area contributed by atoms with Crippen LogP contribution in [0.2, 0.25) is 0 Å². The number of amides is 1. The van der Waals surface area contributed by atoms with Gasteiger partial charge < -0.3 is 5.32 Å². The first-order chi connectivity index (χ1) is 11.4. The highest BCUT2D eigenvalue weighted by Gasteiger charge is 2.42. The number of nitrogens with one attached hydrogen (secondary N) is 2. The number of alkyl halides is 2. The van der Waals surface area contributed by atoms with Crippen molar-refractivity contribution >= 4 is 28.2 Å². The third kappa shape index (κ3) is 5.89. The zero-order valence-corrected chi connectivity index (χ0v) is 16.6. The van der Waals surface area contributed by atoms with Gasteiger partial charge in [0.05, 0.1) is 23.2 Å². The molecule has 1 heterocycles. The summed E-state index contributed by atoms with van der Waals surface area (Å²) in [5, 5.41) is 4.84. The molecule has 1 amide bonds. The van der Waals surface area contributed by atoms with Crippen LogP contribution in [0.4, 0.5) is 8.78 Å². The first-order valence-electron chi connectivity index (χ1n) is 8.13. The Bertz CT molecular complexity index is 731. The average Bonchev–Trinajstić information content (AvgIpc) is 2.86. The number of benzene rings is 1. The summed E-state index contributed by atoms with van der Waals surface area (Å²) < 4.78 is 50.8. The lowest BCUT2D eigenvalue weighted by Gasteiger charge is -2.19. The lowest BCUT2D eigenvalue weighted by molar-refractivity contribution is -0.123. The lowest BCUT2D eigenvalue weighted by Crippen LogP contribution is -2.42. The molecular formula is C17H25ClF2N2O3S. The molecule has 26 heavy (non-hydrogen) atoms. The molecule has 0 bridgehead atoms. The van der Waals surface area contributed by atoms with Crippen molar-refractivity contribution < 1.29 is 22.0 Å². The fraction of sp³-hybridized carbons (Fsp3) is 0.588. The summed E-state index contributed by atoms with van der Waals surface area (Å²) >= 11 is 0. The van der Waals surface area contributed by atoms with E-state index in [9.17, 15) is 22.0 Å². The molecular weight excluding hydrogens is 386 g/mol. The van der Waals surface area contributed by atoms with E-state index in [2.05, 4.69) is 10.6 Å². The maximum Gasteiger partial charge on any atom is 0.262 e. The number of hydrogen-bond donors (Lipinski definition) is 2. The maximum absolute atomic E-state index is 13.1. The van der Waals surface area contributed by atoms with Gasteiger partial charge in [0.15, 0.2) is 9.84 Å². The van der Waals surface area contributed by atoms with Crippen molar-refractivity contribution in [3.05, 3.63) is 29.8 Å². The SMILES string of the molecule is CC(C)(C)c1ccc(S(=O)(=O)CCNC(=O)C2CC(F)(F)CN2)cc1.Cl. The summed E-state index contributed by atoms with van der Waals surface area (Å²) in [4.78, 5) is 12.0. The molecule has 5 nitrogen and oxygen atoms in total. The van der Waals surface area contributed by atoms with Crippen molar-refractivity contribution in [2.75, 3.05) is 18.8 Å². The molecule has 0 radical (unpaired) electrons. The van der Waals surface area contributed by atoms with Crippen LogP contribution in [0.1, 0.15) is 32.8 Å². The van der Waals surface area contributed by atoms with Crippen molar-refractivity contribution in [2.45, 2.75) is 49.5 Å². The number of carbonyl (C=O) groups excluding carboxylic acids is 1. The molecule has 1 aliphatic heterocycles. The predicted molar refractivity (Wildman–Crippen MR) is 98.8 cm³/mol. The lowest BCUT2D eigenvalue weighted by atomic mass is 9.87. The molecule has 1 aliphatic rings. The Balaban J connectivity index is 0.00000338. The fourth-order valence-electron chi connectivity index (χ4n) is 2.61. The van der Waals surface area contributed by atoms with E-state index in [1.165, 1.54) is 0 Å². The van der Waals surface area contributed by atoms with E-state index in [-0.39, 0.29) is 35.0 Å². The van der Waals surface area contributed by atoms with Crippen LogP contribution in [0.25, 0.3) is 0 Å². The Morgan fingerprint density at radius 1 is 1.27 bits per heavy atom. The number of sulfone groups is 1. The van der Waals surface area contributed by atoms with Crippen LogP contribution in [-0.4, -0.2) is 45.1 Å². The van der Waals surface area contributed by atoms with E-state index in [0.29, 0.717) is 0 Å². The third-order valence-corrected chi connectivity index (χ3v) is 5.91. The van der Waals surface area contributed by atoms with Crippen molar-refractivity contribution in [1.82, 2.24) is 10.6 Å². The van der Waals surface area contributed by atoms with Crippen LogP contribution in [0, 0.1) is 0 Å². The van der Waals surface area contributed by atoms with E-state index >= 15 is 0 Å². The normalized spacial score (nSPS) is 19.7. The highest BCUT2D eigenvalue weighted by Crippen LogP contribution is 2.25. The topological polar surface area (TPSA) is 75.3 Å².